The Balaban J connectivity index is 1.65. The Morgan fingerprint density at radius 2 is 1.92 bits per heavy atom. The Bertz CT molecular complexity index is 944. The van der Waals surface area contributed by atoms with Crippen LogP contribution < -0.4 is 4.72 Å². The number of benzene rings is 1. The third kappa shape index (κ3) is 3.66. The van der Waals surface area contributed by atoms with Crippen LogP contribution in [0.2, 0.25) is 0 Å². The molecule has 0 bridgehead atoms. The quantitative estimate of drug-likeness (QED) is 0.748. The summed E-state index contributed by atoms with van der Waals surface area (Å²) in [6.45, 7) is 4.38. The summed E-state index contributed by atoms with van der Waals surface area (Å²) in [5, 5.41) is 0. The number of hydrogen-bond acceptors (Lipinski definition) is 3. The topological polar surface area (TPSA) is 63.5 Å². The first-order valence-electron chi connectivity index (χ1n) is 8.01. The van der Waals surface area contributed by atoms with Crippen LogP contribution in [0.15, 0.2) is 53.7 Å². The van der Waals surface area contributed by atoms with Crippen molar-refractivity contribution in [2.75, 3.05) is 6.54 Å². The van der Waals surface area contributed by atoms with Crippen molar-refractivity contribution in [3.8, 4) is 0 Å². The van der Waals surface area contributed by atoms with Gasteiger partial charge in [0.25, 0.3) is 0 Å². The van der Waals surface area contributed by atoms with Crippen molar-refractivity contribution in [3.05, 3.63) is 65.6 Å². The van der Waals surface area contributed by atoms with E-state index in [0.29, 0.717) is 17.9 Å². The molecule has 3 rings (SSSR count). The van der Waals surface area contributed by atoms with E-state index in [2.05, 4.69) is 9.71 Å². The fourth-order valence-corrected chi connectivity index (χ4v) is 3.59. The lowest BCUT2D eigenvalue weighted by Crippen LogP contribution is -2.26. The van der Waals surface area contributed by atoms with E-state index < -0.39 is 10.0 Å². The number of rotatable bonds is 6. The number of aryl methyl sites for hydroxylation is 2. The van der Waals surface area contributed by atoms with Crippen molar-refractivity contribution in [1.82, 2.24) is 14.1 Å². The molecule has 0 aliphatic carbocycles. The third-order valence-electron chi connectivity index (χ3n) is 3.98. The second kappa shape index (κ2) is 6.75. The molecule has 1 N–H and O–H groups in total. The van der Waals surface area contributed by atoms with Gasteiger partial charge in [-0.05, 0) is 48.7 Å². The summed E-state index contributed by atoms with van der Waals surface area (Å²) in [5.41, 5.74) is 4.01. The molecule has 5 nitrogen and oxygen atoms in total. The predicted molar refractivity (Wildman–Crippen MR) is 94.6 cm³/mol. The van der Waals surface area contributed by atoms with Crippen LogP contribution in [0, 0.1) is 6.92 Å². The number of pyridine rings is 1. The van der Waals surface area contributed by atoms with Crippen molar-refractivity contribution < 1.29 is 8.42 Å². The molecular formula is C18H21N3O2S. The molecule has 0 saturated carbocycles. The van der Waals surface area contributed by atoms with Gasteiger partial charge in [0, 0.05) is 25.4 Å². The van der Waals surface area contributed by atoms with Crippen molar-refractivity contribution in [1.29, 1.82) is 0 Å². The highest BCUT2D eigenvalue weighted by Crippen LogP contribution is 2.11. The van der Waals surface area contributed by atoms with Gasteiger partial charge in [-0.3, -0.25) is 0 Å². The fourth-order valence-electron chi connectivity index (χ4n) is 2.56. The highest BCUT2D eigenvalue weighted by molar-refractivity contribution is 7.89. The number of hydrogen-bond donors (Lipinski definition) is 1. The van der Waals surface area contributed by atoms with Gasteiger partial charge in [0.2, 0.25) is 10.0 Å². The summed E-state index contributed by atoms with van der Waals surface area (Å²) < 4.78 is 29.2. The van der Waals surface area contributed by atoms with Crippen LogP contribution in [0.3, 0.4) is 0 Å². The molecule has 0 aliphatic heterocycles. The number of nitrogens with zero attached hydrogens (tertiary/aromatic N) is 2. The molecule has 0 atom stereocenters. The molecule has 0 amide bonds. The third-order valence-corrected chi connectivity index (χ3v) is 5.46. The van der Waals surface area contributed by atoms with Crippen LogP contribution in [0.5, 0.6) is 0 Å². The van der Waals surface area contributed by atoms with Crippen LogP contribution in [-0.4, -0.2) is 24.3 Å². The lowest BCUT2D eigenvalue weighted by atomic mass is 10.2. The molecule has 1 aromatic carbocycles. The SMILES string of the molecule is CCc1ccc(S(=O)(=O)NCCc2cn3ccc(C)cc3n2)cc1. The highest BCUT2D eigenvalue weighted by atomic mass is 32.2. The van der Waals surface area contributed by atoms with Gasteiger partial charge in [-0.25, -0.2) is 18.1 Å². The van der Waals surface area contributed by atoms with E-state index in [4.69, 9.17) is 0 Å². The highest BCUT2D eigenvalue weighted by Gasteiger charge is 2.13. The average molecular weight is 343 g/mol. The standard InChI is InChI=1S/C18H21N3O2S/c1-3-15-4-6-17(7-5-15)24(22,23)19-10-8-16-13-21-11-9-14(2)12-18(21)20-16/h4-7,9,11-13,19H,3,8,10H2,1-2H3. The number of fused-ring (bicyclic) bond motifs is 1. The smallest absolute Gasteiger partial charge is 0.240 e. The van der Waals surface area contributed by atoms with Gasteiger partial charge in [-0.1, -0.05) is 19.1 Å². The van der Waals surface area contributed by atoms with E-state index in [1.54, 1.807) is 12.1 Å². The summed E-state index contributed by atoms with van der Waals surface area (Å²) in [7, 11) is -3.48. The average Bonchev–Trinajstić information content (AvgIpc) is 2.96. The van der Waals surface area contributed by atoms with Crippen molar-refractivity contribution in [3.63, 3.8) is 0 Å². The zero-order chi connectivity index (χ0) is 17.2. The monoisotopic (exact) mass is 343 g/mol. The van der Waals surface area contributed by atoms with Gasteiger partial charge in [-0.2, -0.15) is 0 Å². The number of sulfonamides is 1. The van der Waals surface area contributed by atoms with Gasteiger partial charge < -0.3 is 4.40 Å². The lowest BCUT2D eigenvalue weighted by molar-refractivity contribution is 0.581. The van der Waals surface area contributed by atoms with Crippen LogP contribution in [0.25, 0.3) is 5.65 Å². The molecule has 0 radical (unpaired) electrons. The summed E-state index contributed by atoms with van der Waals surface area (Å²) in [6, 6.07) is 11.0. The Labute approximate surface area is 142 Å². The van der Waals surface area contributed by atoms with Gasteiger partial charge in [0.1, 0.15) is 5.65 Å². The first kappa shape index (κ1) is 16.7. The Morgan fingerprint density at radius 1 is 1.17 bits per heavy atom. The maximum atomic E-state index is 12.3. The van der Waals surface area contributed by atoms with Crippen molar-refractivity contribution >= 4 is 15.7 Å². The van der Waals surface area contributed by atoms with E-state index >= 15 is 0 Å². The summed E-state index contributed by atoms with van der Waals surface area (Å²) in [4.78, 5) is 4.81. The lowest BCUT2D eigenvalue weighted by Gasteiger charge is -2.06. The molecule has 3 aromatic rings. The minimum absolute atomic E-state index is 0.297. The normalized spacial score (nSPS) is 11.9. The molecule has 0 unspecified atom stereocenters. The molecule has 0 saturated heterocycles. The van der Waals surface area contributed by atoms with E-state index in [-0.39, 0.29) is 0 Å². The van der Waals surface area contributed by atoms with Crippen LogP contribution in [-0.2, 0) is 22.9 Å². The number of aromatic nitrogens is 2. The van der Waals surface area contributed by atoms with Gasteiger partial charge >= 0.3 is 0 Å². The number of imidazole rings is 1. The van der Waals surface area contributed by atoms with Crippen molar-refractivity contribution in [2.24, 2.45) is 0 Å². The number of nitrogens with one attached hydrogen (secondary N) is 1. The molecule has 2 aromatic heterocycles. The van der Waals surface area contributed by atoms with E-state index in [9.17, 15) is 8.42 Å². The maximum absolute atomic E-state index is 12.3. The maximum Gasteiger partial charge on any atom is 0.240 e. The summed E-state index contributed by atoms with van der Waals surface area (Å²) >= 11 is 0. The van der Waals surface area contributed by atoms with E-state index in [1.807, 2.05) is 54.9 Å². The summed E-state index contributed by atoms with van der Waals surface area (Å²) in [5.74, 6) is 0. The molecule has 0 aliphatic rings. The first-order valence-corrected chi connectivity index (χ1v) is 9.49. The minimum Gasteiger partial charge on any atom is -0.307 e. The molecule has 0 spiro atoms. The van der Waals surface area contributed by atoms with Gasteiger partial charge in [0.05, 0.1) is 10.6 Å². The molecule has 126 valence electrons. The fraction of sp³-hybridized carbons (Fsp3) is 0.278. The molecule has 6 heteroatoms. The zero-order valence-electron chi connectivity index (χ0n) is 13.9. The van der Waals surface area contributed by atoms with Crippen molar-refractivity contribution in [2.45, 2.75) is 31.6 Å². The van der Waals surface area contributed by atoms with Crippen LogP contribution in [0.4, 0.5) is 0 Å². The second-order valence-corrected chi connectivity index (χ2v) is 7.61. The minimum atomic E-state index is -3.48. The Kier molecular flexibility index (Phi) is 4.69. The van der Waals surface area contributed by atoms with Gasteiger partial charge in [-0.15, -0.1) is 0 Å². The van der Waals surface area contributed by atoms with E-state index in [0.717, 1.165) is 28.9 Å². The Hall–Kier alpha value is -2.18. The largest absolute Gasteiger partial charge is 0.307 e. The second-order valence-electron chi connectivity index (χ2n) is 5.85. The molecule has 24 heavy (non-hydrogen) atoms. The van der Waals surface area contributed by atoms with Gasteiger partial charge in [0.15, 0.2) is 0 Å². The first-order chi connectivity index (χ1) is 11.5. The predicted octanol–water partition coefficient (Wildman–Crippen LogP) is 2.73. The zero-order valence-corrected chi connectivity index (χ0v) is 14.7. The molecule has 0 fully saturated rings. The molecular weight excluding hydrogens is 322 g/mol. The summed E-state index contributed by atoms with van der Waals surface area (Å²) in [6.07, 6.45) is 5.33. The Morgan fingerprint density at radius 3 is 2.62 bits per heavy atom. The molecule has 2 heterocycles. The van der Waals surface area contributed by atoms with Crippen LogP contribution in [0.1, 0.15) is 23.7 Å². The van der Waals surface area contributed by atoms with Crippen LogP contribution >= 0.6 is 0 Å². The van der Waals surface area contributed by atoms with E-state index in [1.165, 1.54) is 0 Å².